The molecule has 0 aromatic heterocycles. The minimum atomic E-state index is -0.490. The van der Waals surface area contributed by atoms with Crippen molar-refractivity contribution in [2.45, 2.75) is 71.2 Å². The summed E-state index contributed by atoms with van der Waals surface area (Å²) >= 11 is 0. The zero-order valence-corrected chi connectivity index (χ0v) is 20.4. The summed E-state index contributed by atoms with van der Waals surface area (Å²) in [4.78, 5) is 15.4. The van der Waals surface area contributed by atoms with Gasteiger partial charge in [-0.05, 0) is 57.2 Å². The highest BCUT2D eigenvalue weighted by atomic mass is 16.6. The van der Waals surface area contributed by atoms with Crippen LogP contribution in [0.15, 0.2) is 91.0 Å². The molecule has 0 saturated carbocycles. The molecule has 0 amide bonds. The van der Waals surface area contributed by atoms with E-state index < -0.39 is 5.60 Å². The number of aryl methyl sites for hydroxylation is 1. The van der Waals surface area contributed by atoms with Crippen LogP contribution in [-0.4, -0.2) is 22.5 Å². The Balaban J connectivity index is 1.90. The van der Waals surface area contributed by atoms with Gasteiger partial charge in [0.1, 0.15) is 5.60 Å². The number of rotatable bonds is 10. The van der Waals surface area contributed by atoms with Crippen LogP contribution >= 0.6 is 0 Å². The molecular formula is C30H37NO2. The summed E-state index contributed by atoms with van der Waals surface area (Å²) < 4.78 is 5.74. The second-order valence-electron chi connectivity index (χ2n) is 9.71. The zero-order valence-electron chi connectivity index (χ0n) is 20.4. The van der Waals surface area contributed by atoms with Gasteiger partial charge in [0.15, 0.2) is 0 Å². The van der Waals surface area contributed by atoms with Crippen LogP contribution in [0.2, 0.25) is 0 Å². The standard InChI is InChI=1S/C30H37NO2/c1-24(27-18-12-7-13-19-27)31(23-26-16-10-6-11-17-26)28(22-29(32)33-30(2,3)4)21-20-25-14-8-5-9-15-25/h5-19,24,28H,20-23H2,1-4H3/t24-,28-/m1/s1. The molecule has 3 nitrogen and oxygen atoms in total. The van der Waals surface area contributed by atoms with E-state index in [1.807, 2.05) is 39.0 Å². The predicted octanol–water partition coefficient (Wildman–Crippen LogP) is 6.98. The Bertz CT molecular complexity index is 964. The highest BCUT2D eigenvalue weighted by molar-refractivity contribution is 5.70. The van der Waals surface area contributed by atoms with Gasteiger partial charge in [-0.3, -0.25) is 9.69 Å². The van der Waals surface area contributed by atoms with Gasteiger partial charge in [-0.15, -0.1) is 0 Å². The fourth-order valence-corrected chi connectivity index (χ4v) is 4.24. The molecule has 0 radical (unpaired) electrons. The van der Waals surface area contributed by atoms with Gasteiger partial charge >= 0.3 is 5.97 Å². The molecule has 3 heteroatoms. The van der Waals surface area contributed by atoms with E-state index in [1.54, 1.807) is 0 Å². The second kappa shape index (κ2) is 11.8. The first-order valence-electron chi connectivity index (χ1n) is 11.9. The third-order valence-corrected chi connectivity index (χ3v) is 5.89. The lowest BCUT2D eigenvalue weighted by Gasteiger charge is -2.37. The monoisotopic (exact) mass is 443 g/mol. The zero-order chi connectivity index (χ0) is 23.7. The van der Waals surface area contributed by atoms with E-state index in [2.05, 4.69) is 84.6 Å². The molecule has 174 valence electrons. The van der Waals surface area contributed by atoms with Gasteiger partial charge < -0.3 is 4.74 Å². The minimum Gasteiger partial charge on any atom is -0.460 e. The molecule has 0 aliphatic heterocycles. The minimum absolute atomic E-state index is 0.0514. The quantitative estimate of drug-likeness (QED) is 0.317. The number of esters is 1. The van der Waals surface area contributed by atoms with E-state index in [0.29, 0.717) is 6.42 Å². The number of nitrogens with zero attached hydrogens (tertiary/aromatic N) is 1. The van der Waals surface area contributed by atoms with Gasteiger partial charge in [0.05, 0.1) is 6.42 Å². The fourth-order valence-electron chi connectivity index (χ4n) is 4.24. The Hall–Kier alpha value is -2.91. The van der Waals surface area contributed by atoms with Crippen LogP contribution in [-0.2, 0) is 22.5 Å². The maximum atomic E-state index is 12.9. The SMILES string of the molecule is C[C@H](c1ccccc1)N(Cc1ccccc1)[C@H](CCc1ccccc1)CC(=O)OC(C)(C)C. The largest absolute Gasteiger partial charge is 0.460 e. The molecule has 0 N–H and O–H groups in total. The lowest BCUT2D eigenvalue weighted by molar-refractivity contribution is -0.156. The van der Waals surface area contributed by atoms with E-state index in [0.717, 1.165) is 19.4 Å². The topological polar surface area (TPSA) is 29.5 Å². The summed E-state index contributed by atoms with van der Waals surface area (Å²) in [7, 11) is 0. The van der Waals surface area contributed by atoms with E-state index in [-0.39, 0.29) is 18.1 Å². The molecule has 0 fully saturated rings. The molecule has 0 bridgehead atoms. The van der Waals surface area contributed by atoms with Crippen molar-refractivity contribution in [3.8, 4) is 0 Å². The molecule has 0 aliphatic carbocycles. The lowest BCUT2D eigenvalue weighted by Crippen LogP contribution is -2.40. The first-order chi connectivity index (χ1) is 15.8. The maximum absolute atomic E-state index is 12.9. The van der Waals surface area contributed by atoms with Crippen molar-refractivity contribution in [1.82, 2.24) is 4.90 Å². The van der Waals surface area contributed by atoms with Crippen LogP contribution in [0, 0.1) is 0 Å². The molecule has 3 aromatic rings. The average Bonchev–Trinajstić information content (AvgIpc) is 2.80. The van der Waals surface area contributed by atoms with Gasteiger partial charge in [0, 0.05) is 18.6 Å². The number of benzene rings is 3. The third-order valence-electron chi connectivity index (χ3n) is 5.89. The number of hydrogen-bond acceptors (Lipinski definition) is 3. The van der Waals surface area contributed by atoms with Gasteiger partial charge in [0.25, 0.3) is 0 Å². The van der Waals surface area contributed by atoms with Crippen molar-refractivity contribution in [2.75, 3.05) is 0 Å². The van der Waals surface area contributed by atoms with Crippen LogP contribution in [0.3, 0.4) is 0 Å². The number of hydrogen-bond donors (Lipinski definition) is 0. The van der Waals surface area contributed by atoms with Crippen LogP contribution in [0.4, 0.5) is 0 Å². The maximum Gasteiger partial charge on any atom is 0.307 e. The summed E-state index contributed by atoms with van der Waals surface area (Å²) in [6, 6.07) is 31.8. The summed E-state index contributed by atoms with van der Waals surface area (Å²) in [6.07, 6.45) is 2.17. The molecule has 3 rings (SSSR count). The molecule has 0 unspecified atom stereocenters. The smallest absolute Gasteiger partial charge is 0.307 e. The van der Waals surface area contributed by atoms with Crippen molar-refractivity contribution in [3.05, 3.63) is 108 Å². The molecule has 3 aromatic carbocycles. The van der Waals surface area contributed by atoms with Crippen molar-refractivity contribution in [3.63, 3.8) is 0 Å². The summed E-state index contributed by atoms with van der Waals surface area (Å²) in [5.74, 6) is -0.140. The second-order valence-corrected chi connectivity index (χ2v) is 9.71. The molecule has 0 aliphatic rings. The summed E-state index contributed by atoms with van der Waals surface area (Å²) in [6.45, 7) is 8.80. The van der Waals surface area contributed by atoms with E-state index in [4.69, 9.17) is 4.74 Å². The number of ether oxygens (including phenoxy) is 1. The van der Waals surface area contributed by atoms with E-state index in [1.165, 1.54) is 16.7 Å². The molecular weight excluding hydrogens is 406 g/mol. The van der Waals surface area contributed by atoms with E-state index >= 15 is 0 Å². The third kappa shape index (κ3) is 8.18. The van der Waals surface area contributed by atoms with Gasteiger partial charge in [-0.2, -0.15) is 0 Å². The first-order valence-corrected chi connectivity index (χ1v) is 11.9. The van der Waals surface area contributed by atoms with Crippen molar-refractivity contribution in [2.24, 2.45) is 0 Å². The summed E-state index contributed by atoms with van der Waals surface area (Å²) in [5.41, 5.74) is 3.30. The highest BCUT2D eigenvalue weighted by Crippen LogP contribution is 2.29. The fraction of sp³-hybridized carbons (Fsp3) is 0.367. The van der Waals surface area contributed by atoms with Crippen LogP contribution in [0.25, 0.3) is 0 Å². The number of carbonyl (C=O) groups is 1. The Morgan fingerprint density at radius 3 is 1.88 bits per heavy atom. The molecule has 0 heterocycles. The van der Waals surface area contributed by atoms with E-state index in [9.17, 15) is 4.79 Å². The lowest BCUT2D eigenvalue weighted by atomic mass is 9.97. The Morgan fingerprint density at radius 1 is 0.818 bits per heavy atom. The van der Waals surface area contributed by atoms with Crippen LogP contribution < -0.4 is 0 Å². The summed E-state index contributed by atoms with van der Waals surface area (Å²) in [5, 5.41) is 0. The van der Waals surface area contributed by atoms with Gasteiger partial charge in [-0.25, -0.2) is 0 Å². The molecule has 0 saturated heterocycles. The normalized spacial score (nSPS) is 13.5. The van der Waals surface area contributed by atoms with Crippen molar-refractivity contribution >= 4 is 5.97 Å². The highest BCUT2D eigenvalue weighted by Gasteiger charge is 2.29. The molecule has 2 atom stereocenters. The first kappa shape index (κ1) is 24.7. The van der Waals surface area contributed by atoms with Crippen LogP contribution in [0.5, 0.6) is 0 Å². The van der Waals surface area contributed by atoms with Gasteiger partial charge in [-0.1, -0.05) is 91.0 Å². The number of carbonyl (C=O) groups excluding carboxylic acids is 1. The Kier molecular flexibility index (Phi) is 8.85. The van der Waals surface area contributed by atoms with Crippen molar-refractivity contribution in [1.29, 1.82) is 0 Å². The van der Waals surface area contributed by atoms with Crippen LogP contribution in [0.1, 0.15) is 63.3 Å². The van der Waals surface area contributed by atoms with Crippen molar-refractivity contribution < 1.29 is 9.53 Å². The Morgan fingerprint density at radius 2 is 1.33 bits per heavy atom. The molecule has 33 heavy (non-hydrogen) atoms. The molecule has 0 spiro atoms. The average molecular weight is 444 g/mol. The predicted molar refractivity (Wildman–Crippen MR) is 136 cm³/mol. The van der Waals surface area contributed by atoms with Gasteiger partial charge in [0.2, 0.25) is 0 Å². The Labute approximate surface area is 199 Å².